The van der Waals surface area contributed by atoms with Crippen LogP contribution in [0.1, 0.15) is 16.1 Å². The molecule has 0 atom stereocenters. The summed E-state index contributed by atoms with van der Waals surface area (Å²) < 4.78 is 1.69. The Bertz CT molecular complexity index is 488. The molecule has 15 heavy (non-hydrogen) atoms. The van der Waals surface area contributed by atoms with Crippen molar-refractivity contribution in [3.8, 4) is 5.69 Å². The van der Waals surface area contributed by atoms with Gasteiger partial charge in [0.1, 0.15) is 0 Å². The van der Waals surface area contributed by atoms with E-state index in [-0.39, 0.29) is 0 Å². The first-order valence-corrected chi connectivity index (χ1v) is 4.60. The second kappa shape index (κ2) is 3.57. The van der Waals surface area contributed by atoms with Gasteiger partial charge in [-0.2, -0.15) is 5.10 Å². The molecule has 0 spiro atoms. The van der Waals surface area contributed by atoms with E-state index in [1.807, 2.05) is 37.3 Å². The summed E-state index contributed by atoms with van der Waals surface area (Å²) >= 11 is 0. The minimum absolute atomic E-state index is 0.449. The van der Waals surface area contributed by atoms with Crippen molar-refractivity contribution in [2.24, 2.45) is 5.73 Å². The Hall–Kier alpha value is -2.10. The number of nitrogens with zero attached hydrogens (tertiary/aromatic N) is 2. The Kier molecular flexibility index (Phi) is 2.25. The van der Waals surface area contributed by atoms with E-state index in [0.717, 1.165) is 11.4 Å². The summed E-state index contributed by atoms with van der Waals surface area (Å²) in [6, 6.07) is 9.60. The van der Waals surface area contributed by atoms with Crippen LogP contribution in [0, 0.1) is 6.92 Å². The lowest BCUT2D eigenvalue weighted by atomic mass is 10.2. The largest absolute Gasteiger partial charge is 0.365 e. The van der Waals surface area contributed by atoms with Gasteiger partial charge in [-0.25, -0.2) is 4.68 Å². The van der Waals surface area contributed by atoms with Gasteiger partial charge in [-0.3, -0.25) is 4.79 Å². The molecule has 0 saturated heterocycles. The molecule has 0 unspecified atom stereocenters. The van der Waals surface area contributed by atoms with Crippen LogP contribution in [0.4, 0.5) is 0 Å². The number of primary amides is 1. The van der Waals surface area contributed by atoms with Gasteiger partial charge in [0.05, 0.1) is 23.1 Å². The number of hydrogen-bond acceptors (Lipinski definition) is 2. The van der Waals surface area contributed by atoms with Crippen molar-refractivity contribution in [3.63, 3.8) is 0 Å². The van der Waals surface area contributed by atoms with Gasteiger partial charge in [0.2, 0.25) is 0 Å². The first-order chi connectivity index (χ1) is 7.20. The van der Waals surface area contributed by atoms with E-state index in [1.54, 1.807) is 4.68 Å². The highest BCUT2D eigenvalue weighted by atomic mass is 16.1. The molecule has 0 aliphatic heterocycles. The average Bonchev–Trinajstić information content (AvgIpc) is 2.61. The van der Waals surface area contributed by atoms with Crippen LogP contribution in [0.15, 0.2) is 36.5 Å². The summed E-state index contributed by atoms with van der Waals surface area (Å²) in [6.07, 6.45) is 1.49. The molecule has 2 aromatic rings. The van der Waals surface area contributed by atoms with Crippen molar-refractivity contribution in [1.29, 1.82) is 0 Å². The first kappa shape index (κ1) is 9.45. The monoisotopic (exact) mass is 201 g/mol. The Balaban J connectivity index is 2.52. The highest BCUT2D eigenvalue weighted by Gasteiger charge is 2.11. The molecule has 0 fully saturated rings. The van der Waals surface area contributed by atoms with Crippen LogP contribution in [0.25, 0.3) is 5.69 Å². The standard InChI is InChI=1S/C11H11N3O/c1-8-10(11(12)15)7-13-14(8)9-5-3-2-4-6-9/h2-7H,1H3,(H2,12,15). The van der Waals surface area contributed by atoms with E-state index in [2.05, 4.69) is 5.10 Å². The maximum absolute atomic E-state index is 11.0. The fraction of sp³-hybridized carbons (Fsp3) is 0.0909. The zero-order valence-corrected chi connectivity index (χ0v) is 8.34. The summed E-state index contributed by atoms with van der Waals surface area (Å²) in [5.41, 5.74) is 7.35. The maximum Gasteiger partial charge on any atom is 0.252 e. The molecule has 4 nitrogen and oxygen atoms in total. The van der Waals surface area contributed by atoms with E-state index in [4.69, 9.17) is 5.73 Å². The third-order valence-corrected chi connectivity index (χ3v) is 2.28. The predicted octanol–water partition coefficient (Wildman–Crippen LogP) is 1.28. The van der Waals surface area contributed by atoms with Crippen LogP contribution in [0.2, 0.25) is 0 Å². The van der Waals surface area contributed by atoms with Crippen LogP contribution in [-0.2, 0) is 0 Å². The Morgan fingerprint density at radius 3 is 2.53 bits per heavy atom. The first-order valence-electron chi connectivity index (χ1n) is 4.60. The number of hydrogen-bond donors (Lipinski definition) is 1. The molecule has 0 saturated carbocycles. The van der Waals surface area contributed by atoms with E-state index >= 15 is 0 Å². The van der Waals surface area contributed by atoms with Gasteiger partial charge in [0.25, 0.3) is 5.91 Å². The van der Waals surface area contributed by atoms with Crippen LogP contribution in [0.5, 0.6) is 0 Å². The number of nitrogens with two attached hydrogens (primary N) is 1. The van der Waals surface area contributed by atoms with Crippen LogP contribution in [0.3, 0.4) is 0 Å². The zero-order valence-electron chi connectivity index (χ0n) is 8.34. The topological polar surface area (TPSA) is 60.9 Å². The lowest BCUT2D eigenvalue weighted by Crippen LogP contribution is -2.12. The summed E-state index contributed by atoms with van der Waals surface area (Å²) in [7, 11) is 0. The van der Waals surface area contributed by atoms with Crippen molar-refractivity contribution in [2.75, 3.05) is 0 Å². The number of carbonyl (C=O) groups is 1. The fourth-order valence-corrected chi connectivity index (χ4v) is 1.48. The van der Waals surface area contributed by atoms with Crippen LogP contribution < -0.4 is 5.73 Å². The second-order valence-corrected chi connectivity index (χ2v) is 3.26. The van der Waals surface area contributed by atoms with Gasteiger partial charge in [0.15, 0.2) is 0 Å². The molecule has 0 bridgehead atoms. The fourth-order valence-electron chi connectivity index (χ4n) is 1.48. The van der Waals surface area contributed by atoms with Gasteiger partial charge in [-0.05, 0) is 19.1 Å². The summed E-state index contributed by atoms with van der Waals surface area (Å²) in [5.74, 6) is -0.449. The van der Waals surface area contributed by atoms with Crippen molar-refractivity contribution in [1.82, 2.24) is 9.78 Å². The minimum Gasteiger partial charge on any atom is -0.365 e. The van der Waals surface area contributed by atoms with Crippen molar-refractivity contribution >= 4 is 5.91 Å². The van der Waals surface area contributed by atoms with Gasteiger partial charge in [0, 0.05) is 0 Å². The van der Waals surface area contributed by atoms with E-state index in [9.17, 15) is 4.79 Å². The highest BCUT2D eigenvalue weighted by molar-refractivity contribution is 5.93. The molecule has 1 heterocycles. The molecule has 1 aromatic heterocycles. The normalized spacial score (nSPS) is 10.2. The van der Waals surface area contributed by atoms with Crippen molar-refractivity contribution < 1.29 is 4.79 Å². The quantitative estimate of drug-likeness (QED) is 0.795. The number of carbonyl (C=O) groups excluding carboxylic acids is 1. The van der Waals surface area contributed by atoms with Gasteiger partial charge in [-0.1, -0.05) is 18.2 Å². The molecule has 2 N–H and O–H groups in total. The lowest BCUT2D eigenvalue weighted by molar-refractivity contribution is 0.0999. The number of rotatable bonds is 2. The molecular formula is C11H11N3O. The average molecular weight is 201 g/mol. The predicted molar refractivity (Wildman–Crippen MR) is 56.8 cm³/mol. The van der Waals surface area contributed by atoms with Crippen molar-refractivity contribution in [3.05, 3.63) is 47.8 Å². The molecule has 0 aliphatic carbocycles. The van der Waals surface area contributed by atoms with E-state index in [0.29, 0.717) is 5.56 Å². The van der Waals surface area contributed by atoms with Gasteiger partial charge >= 0.3 is 0 Å². The number of aromatic nitrogens is 2. The minimum atomic E-state index is -0.449. The smallest absolute Gasteiger partial charge is 0.252 e. The Morgan fingerprint density at radius 1 is 1.33 bits per heavy atom. The maximum atomic E-state index is 11.0. The summed E-state index contributed by atoms with van der Waals surface area (Å²) in [4.78, 5) is 11.0. The molecule has 0 radical (unpaired) electrons. The second-order valence-electron chi connectivity index (χ2n) is 3.26. The SMILES string of the molecule is Cc1c(C(N)=O)cnn1-c1ccccc1. The molecule has 2 rings (SSSR count). The summed E-state index contributed by atoms with van der Waals surface area (Å²) in [6.45, 7) is 1.82. The Labute approximate surface area is 87.3 Å². The highest BCUT2D eigenvalue weighted by Crippen LogP contribution is 2.12. The molecule has 76 valence electrons. The number of para-hydroxylation sites is 1. The Morgan fingerprint density at radius 2 is 2.00 bits per heavy atom. The molecular weight excluding hydrogens is 190 g/mol. The van der Waals surface area contributed by atoms with E-state index in [1.165, 1.54) is 6.20 Å². The molecule has 0 aliphatic rings. The molecule has 1 amide bonds. The number of amides is 1. The van der Waals surface area contributed by atoms with Crippen LogP contribution in [-0.4, -0.2) is 15.7 Å². The lowest BCUT2D eigenvalue weighted by Gasteiger charge is -2.03. The molecule has 1 aromatic carbocycles. The third kappa shape index (κ3) is 1.61. The zero-order chi connectivity index (χ0) is 10.8. The van der Waals surface area contributed by atoms with Crippen LogP contribution >= 0.6 is 0 Å². The van der Waals surface area contributed by atoms with Gasteiger partial charge in [-0.15, -0.1) is 0 Å². The van der Waals surface area contributed by atoms with Gasteiger partial charge < -0.3 is 5.73 Å². The van der Waals surface area contributed by atoms with Crippen molar-refractivity contribution in [2.45, 2.75) is 6.92 Å². The summed E-state index contributed by atoms with van der Waals surface area (Å²) in [5, 5.41) is 4.12. The molecule has 4 heteroatoms. The number of benzene rings is 1. The van der Waals surface area contributed by atoms with E-state index < -0.39 is 5.91 Å². The third-order valence-electron chi connectivity index (χ3n) is 2.28.